The number of nitrogens with zero attached hydrogens (tertiary/aromatic N) is 1. The van der Waals surface area contributed by atoms with Crippen molar-refractivity contribution in [3.8, 4) is 22.6 Å². The predicted molar refractivity (Wildman–Crippen MR) is 115 cm³/mol. The van der Waals surface area contributed by atoms with Gasteiger partial charge in [0.25, 0.3) is 5.91 Å². The Balaban J connectivity index is 1.75. The van der Waals surface area contributed by atoms with Crippen LogP contribution in [0.2, 0.25) is 5.02 Å². The Labute approximate surface area is 179 Å². The lowest BCUT2D eigenvalue weighted by molar-refractivity contribution is -0.141. The number of carboxylic acid groups (broad SMARTS) is 1. The van der Waals surface area contributed by atoms with Gasteiger partial charge in [-0.05, 0) is 49.2 Å². The van der Waals surface area contributed by atoms with Crippen molar-refractivity contribution in [1.82, 2.24) is 4.90 Å². The van der Waals surface area contributed by atoms with Crippen LogP contribution in [0.5, 0.6) is 11.5 Å². The molecular weight excluding hydrogens is 402 g/mol. The summed E-state index contributed by atoms with van der Waals surface area (Å²) in [6.07, 6.45) is 1.14. The molecule has 5 nitrogen and oxygen atoms in total. The van der Waals surface area contributed by atoms with Crippen LogP contribution in [0.25, 0.3) is 11.1 Å². The molecule has 0 radical (unpaired) electrons. The van der Waals surface area contributed by atoms with E-state index in [0.29, 0.717) is 47.0 Å². The fraction of sp³-hybridized carbons (Fsp3) is 0.167. The highest BCUT2D eigenvalue weighted by atomic mass is 35.5. The number of para-hydroxylation sites is 1. The Bertz CT molecular complexity index is 1080. The minimum atomic E-state index is -0.976. The molecular formula is C24H20ClNO4. The highest BCUT2D eigenvalue weighted by Crippen LogP contribution is 2.38. The number of ether oxygens (including phenoxy) is 1. The number of carbonyl (C=O) groups is 2. The number of halogens is 1. The molecule has 0 saturated carbocycles. The molecule has 30 heavy (non-hydrogen) atoms. The van der Waals surface area contributed by atoms with E-state index in [1.807, 2.05) is 48.5 Å². The Kier molecular flexibility index (Phi) is 5.72. The molecule has 1 N–H and O–H groups in total. The van der Waals surface area contributed by atoms with Gasteiger partial charge in [0.1, 0.15) is 17.5 Å². The summed E-state index contributed by atoms with van der Waals surface area (Å²) >= 11 is 6.43. The normalized spacial score (nSPS) is 15.8. The fourth-order valence-electron chi connectivity index (χ4n) is 3.69. The molecule has 0 aliphatic carbocycles. The third-order valence-electron chi connectivity index (χ3n) is 5.16. The van der Waals surface area contributed by atoms with Crippen molar-refractivity contribution in [2.24, 2.45) is 0 Å². The standard InChI is InChI=1S/C24H20ClNO4/c25-20-10-5-4-9-18(20)19-15-16(23(27)26-14-6-11-21(26)24(28)29)12-13-22(19)30-17-7-2-1-3-8-17/h1-5,7-10,12-13,15,21H,6,11,14H2,(H,28,29). The van der Waals surface area contributed by atoms with Crippen molar-refractivity contribution in [3.05, 3.63) is 83.4 Å². The quantitative estimate of drug-likeness (QED) is 0.591. The first-order valence-electron chi connectivity index (χ1n) is 9.70. The van der Waals surface area contributed by atoms with Gasteiger partial charge < -0.3 is 14.7 Å². The number of aliphatic carboxylic acids is 1. The van der Waals surface area contributed by atoms with E-state index < -0.39 is 12.0 Å². The third-order valence-corrected chi connectivity index (χ3v) is 5.49. The summed E-state index contributed by atoms with van der Waals surface area (Å²) in [5.41, 5.74) is 1.80. The van der Waals surface area contributed by atoms with E-state index in [0.717, 1.165) is 5.56 Å². The molecule has 1 fully saturated rings. The van der Waals surface area contributed by atoms with Gasteiger partial charge in [0, 0.05) is 28.3 Å². The van der Waals surface area contributed by atoms with Crippen LogP contribution in [0, 0.1) is 0 Å². The highest BCUT2D eigenvalue weighted by Gasteiger charge is 2.34. The van der Waals surface area contributed by atoms with Crippen LogP contribution in [-0.2, 0) is 4.79 Å². The van der Waals surface area contributed by atoms with E-state index >= 15 is 0 Å². The first kappa shape index (κ1) is 20.0. The van der Waals surface area contributed by atoms with E-state index in [9.17, 15) is 14.7 Å². The summed E-state index contributed by atoms with van der Waals surface area (Å²) in [7, 11) is 0. The number of likely N-dealkylation sites (tertiary alicyclic amines) is 1. The van der Waals surface area contributed by atoms with E-state index in [1.54, 1.807) is 24.3 Å². The van der Waals surface area contributed by atoms with Crippen LogP contribution >= 0.6 is 11.6 Å². The van der Waals surface area contributed by atoms with Crippen molar-refractivity contribution < 1.29 is 19.4 Å². The number of hydrogen-bond acceptors (Lipinski definition) is 3. The molecule has 1 unspecified atom stereocenters. The summed E-state index contributed by atoms with van der Waals surface area (Å²) in [6, 6.07) is 21.0. The topological polar surface area (TPSA) is 66.8 Å². The van der Waals surface area contributed by atoms with Gasteiger partial charge in [-0.3, -0.25) is 4.79 Å². The molecule has 152 valence electrons. The van der Waals surface area contributed by atoms with Crippen molar-refractivity contribution in [1.29, 1.82) is 0 Å². The van der Waals surface area contributed by atoms with Crippen molar-refractivity contribution >= 4 is 23.5 Å². The molecule has 1 heterocycles. The van der Waals surface area contributed by atoms with Crippen LogP contribution in [0.4, 0.5) is 0 Å². The summed E-state index contributed by atoms with van der Waals surface area (Å²) in [5, 5.41) is 9.96. The molecule has 4 rings (SSSR count). The molecule has 1 aliphatic rings. The first-order chi connectivity index (χ1) is 14.5. The molecule has 0 aromatic heterocycles. The minimum Gasteiger partial charge on any atom is -0.480 e. The maximum absolute atomic E-state index is 13.1. The van der Waals surface area contributed by atoms with Gasteiger partial charge in [-0.2, -0.15) is 0 Å². The Morgan fingerprint density at radius 2 is 1.70 bits per heavy atom. The second-order valence-electron chi connectivity index (χ2n) is 7.10. The lowest BCUT2D eigenvalue weighted by Gasteiger charge is -2.22. The van der Waals surface area contributed by atoms with E-state index in [1.165, 1.54) is 4.90 Å². The summed E-state index contributed by atoms with van der Waals surface area (Å²) < 4.78 is 6.06. The third kappa shape index (κ3) is 4.02. The highest BCUT2D eigenvalue weighted by molar-refractivity contribution is 6.33. The van der Waals surface area contributed by atoms with Crippen molar-refractivity contribution in [2.45, 2.75) is 18.9 Å². The first-order valence-corrected chi connectivity index (χ1v) is 10.1. The van der Waals surface area contributed by atoms with Gasteiger partial charge in [-0.1, -0.05) is 48.0 Å². The SMILES string of the molecule is O=C(O)C1CCCN1C(=O)c1ccc(Oc2ccccc2)c(-c2ccccc2Cl)c1. The van der Waals surface area contributed by atoms with Crippen molar-refractivity contribution in [2.75, 3.05) is 6.54 Å². The summed E-state index contributed by atoms with van der Waals surface area (Å²) in [6.45, 7) is 0.430. The largest absolute Gasteiger partial charge is 0.480 e. The zero-order chi connectivity index (χ0) is 21.1. The average Bonchev–Trinajstić information content (AvgIpc) is 3.25. The average molecular weight is 422 g/mol. The molecule has 3 aromatic carbocycles. The fourth-order valence-corrected chi connectivity index (χ4v) is 3.93. The molecule has 6 heteroatoms. The maximum Gasteiger partial charge on any atom is 0.326 e. The molecule has 3 aromatic rings. The Morgan fingerprint density at radius 3 is 2.43 bits per heavy atom. The van der Waals surface area contributed by atoms with Crippen LogP contribution in [0.15, 0.2) is 72.8 Å². The van der Waals surface area contributed by atoms with E-state index in [4.69, 9.17) is 16.3 Å². The second-order valence-corrected chi connectivity index (χ2v) is 7.51. The molecule has 1 saturated heterocycles. The van der Waals surface area contributed by atoms with Gasteiger partial charge in [0.05, 0.1) is 0 Å². The van der Waals surface area contributed by atoms with Crippen LogP contribution in [-0.4, -0.2) is 34.5 Å². The van der Waals surface area contributed by atoms with Gasteiger partial charge >= 0.3 is 5.97 Å². The zero-order valence-corrected chi connectivity index (χ0v) is 16.9. The van der Waals surface area contributed by atoms with Crippen LogP contribution in [0.3, 0.4) is 0 Å². The van der Waals surface area contributed by atoms with Gasteiger partial charge in [-0.15, -0.1) is 0 Å². The molecule has 1 atom stereocenters. The van der Waals surface area contributed by atoms with Crippen LogP contribution in [0.1, 0.15) is 23.2 Å². The summed E-state index contributed by atoms with van der Waals surface area (Å²) in [4.78, 5) is 26.0. The Hall–Kier alpha value is -3.31. The van der Waals surface area contributed by atoms with Gasteiger partial charge in [0.2, 0.25) is 0 Å². The lowest BCUT2D eigenvalue weighted by Crippen LogP contribution is -2.40. The van der Waals surface area contributed by atoms with E-state index in [2.05, 4.69) is 0 Å². The van der Waals surface area contributed by atoms with Crippen molar-refractivity contribution in [3.63, 3.8) is 0 Å². The second kappa shape index (κ2) is 8.59. The number of hydrogen-bond donors (Lipinski definition) is 1. The number of rotatable bonds is 5. The van der Waals surface area contributed by atoms with Gasteiger partial charge in [-0.25, -0.2) is 4.79 Å². The lowest BCUT2D eigenvalue weighted by atomic mass is 10.0. The molecule has 0 bridgehead atoms. The predicted octanol–water partition coefficient (Wildman–Crippen LogP) is 5.49. The van der Waals surface area contributed by atoms with Gasteiger partial charge in [0.15, 0.2) is 0 Å². The number of benzene rings is 3. The zero-order valence-electron chi connectivity index (χ0n) is 16.1. The summed E-state index contributed by atoms with van der Waals surface area (Å²) in [5.74, 6) is -0.0620. The monoisotopic (exact) mass is 421 g/mol. The van der Waals surface area contributed by atoms with E-state index in [-0.39, 0.29) is 5.91 Å². The van der Waals surface area contributed by atoms with Crippen LogP contribution < -0.4 is 4.74 Å². The smallest absolute Gasteiger partial charge is 0.326 e. The minimum absolute atomic E-state index is 0.306. The molecule has 0 spiro atoms. The number of amides is 1. The molecule has 1 aliphatic heterocycles. The maximum atomic E-state index is 13.1. The Morgan fingerprint density at radius 1 is 0.967 bits per heavy atom. The molecule has 1 amide bonds. The number of carboxylic acids is 1. The number of carbonyl (C=O) groups excluding carboxylic acids is 1.